The molecule has 1 aromatic heterocycles. The van der Waals surface area contributed by atoms with Crippen LogP contribution >= 0.6 is 0 Å². The maximum absolute atomic E-state index is 12.7. The summed E-state index contributed by atoms with van der Waals surface area (Å²) in [4.78, 5) is 32.1. The molecular weight excluding hydrogens is 368 g/mol. The Bertz CT molecular complexity index is 826. The molecule has 1 aliphatic heterocycles. The van der Waals surface area contributed by atoms with E-state index in [1.54, 1.807) is 29.0 Å². The van der Waals surface area contributed by atoms with Crippen molar-refractivity contribution < 1.29 is 14.3 Å². The maximum atomic E-state index is 12.7. The van der Waals surface area contributed by atoms with Gasteiger partial charge in [0.25, 0.3) is 5.91 Å². The van der Waals surface area contributed by atoms with E-state index in [0.29, 0.717) is 44.4 Å². The van der Waals surface area contributed by atoms with Gasteiger partial charge in [-0.05, 0) is 42.7 Å². The van der Waals surface area contributed by atoms with Crippen LogP contribution in [0.4, 0.5) is 16.2 Å². The number of amides is 2. The lowest BCUT2D eigenvalue weighted by Crippen LogP contribution is -2.50. The average Bonchev–Trinajstić information content (AvgIpc) is 2.74. The predicted octanol–water partition coefficient (Wildman–Crippen LogP) is 3.86. The van der Waals surface area contributed by atoms with Crippen LogP contribution in [0.1, 0.15) is 42.7 Å². The number of hydrogen-bond donors (Lipinski definition) is 1. The van der Waals surface area contributed by atoms with Crippen molar-refractivity contribution in [1.82, 2.24) is 14.8 Å². The summed E-state index contributed by atoms with van der Waals surface area (Å²) < 4.78 is 5.01. The summed E-state index contributed by atoms with van der Waals surface area (Å²) in [6, 6.07) is 11.9. The number of rotatable bonds is 5. The van der Waals surface area contributed by atoms with E-state index < -0.39 is 0 Å². The molecule has 2 aromatic rings. The molecule has 0 unspecified atom stereocenters. The zero-order valence-corrected chi connectivity index (χ0v) is 17.2. The minimum Gasteiger partial charge on any atom is -0.450 e. The number of nitrogens with zero attached hydrogens (tertiary/aromatic N) is 3. The van der Waals surface area contributed by atoms with E-state index in [4.69, 9.17) is 4.74 Å². The molecule has 7 heteroatoms. The fourth-order valence-electron chi connectivity index (χ4n) is 3.18. The molecule has 1 aromatic carbocycles. The lowest BCUT2D eigenvalue weighted by atomic mass is 10.0. The van der Waals surface area contributed by atoms with Gasteiger partial charge in [0.1, 0.15) is 5.69 Å². The summed E-state index contributed by atoms with van der Waals surface area (Å²) in [5, 5.41) is 3.30. The first-order valence-corrected chi connectivity index (χ1v) is 10.0. The second-order valence-corrected chi connectivity index (χ2v) is 7.31. The molecule has 7 nitrogen and oxygen atoms in total. The first-order chi connectivity index (χ1) is 14.0. The zero-order valence-electron chi connectivity index (χ0n) is 17.2. The molecule has 3 rings (SSSR count). The monoisotopic (exact) mass is 396 g/mol. The number of nitrogens with one attached hydrogen (secondary N) is 1. The molecule has 1 saturated heterocycles. The highest BCUT2D eigenvalue weighted by Crippen LogP contribution is 2.20. The highest BCUT2D eigenvalue weighted by atomic mass is 16.6. The van der Waals surface area contributed by atoms with Gasteiger partial charge in [-0.3, -0.25) is 4.79 Å². The van der Waals surface area contributed by atoms with Crippen molar-refractivity contribution in [2.75, 3.05) is 38.1 Å². The topological polar surface area (TPSA) is 74.8 Å². The molecule has 2 amide bonds. The van der Waals surface area contributed by atoms with Crippen LogP contribution in [0.3, 0.4) is 0 Å². The molecule has 0 saturated carbocycles. The highest BCUT2D eigenvalue weighted by molar-refractivity contribution is 5.92. The lowest BCUT2D eigenvalue weighted by molar-refractivity contribution is 0.0566. The van der Waals surface area contributed by atoms with E-state index in [2.05, 4.69) is 36.3 Å². The number of carbonyl (C=O) groups is 2. The van der Waals surface area contributed by atoms with Crippen molar-refractivity contribution in [2.24, 2.45) is 0 Å². The van der Waals surface area contributed by atoms with Crippen LogP contribution in [-0.2, 0) is 4.74 Å². The predicted molar refractivity (Wildman–Crippen MR) is 113 cm³/mol. The molecule has 0 aliphatic carbocycles. The zero-order chi connectivity index (χ0) is 20.8. The van der Waals surface area contributed by atoms with Crippen molar-refractivity contribution >= 4 is 23.4 Å². The summed E-state index contributed by atoms with van der Waals surface area (Å²) in [5.41, 5.74) is 3.49. The van der Waals surface area contributed by atoms with E-state index in [9.17, 15) is 9.59 Å². The number of carbonyl (C=O) groups excluding carboxylic acids is 2. The second-order valence-electron chi connectivity index (χ2n) is 7.31. The van der Waals surface area contributed by atoms with E-state index >= 15 is 0 Å². The van der Waals surface area contributed by atoms with E-state index in [0.717, 1.165) is 11.4 Å². The molecule has 2 heterocycles. The van der Waals surface area contributed by atoms with Crippen molar-refractivity contribution in [3.8, 4) is 0 Å². The molecule has 1 N–H and O–H groups in total. The summed E-state index contributed by atoms with van der Waals surface area (Å²) in [6.45, 7) is 8.35. The SMILES string of the molecule is CCOC(=O)N1CCN(C(=O)c2ccc(Nc3ccc(C(C)C)cc3)cn2)CC1. The fourth-order valence-corrected chi connectivity index (χ4v) is 3.18. The largest absolute Gasteiger partial charge is 0.450 e. The minimum atomic E-state index is -0.324. The standard InChI is InChI=1S/C22H28N4O3/c1-4-29-22(28)26-13-11-25(12-14-26)21(27)20-10-9-19(15-23-20)24-18-7-5-17(6-8-18)16(2)3/h5-10,15-16,24H,4,11-14H2,1-3H3. The van der Waals surface area contributed by atoms with Gasteiger partial charge in [0, 0.05) is 31.9 Å². The molecule has 154 valence electrons. The number of pyridine rings is 1. The minimum absolute atomic E-state index is 0.124. The molecule has 29 heavy (non-hydrogen) atoms. The third-order valence-electron chi connectivity index (χ3n) is 4.94. The van der Waals surface area contributed by atoms with Gasteiger partial charge < -0.3 is 19.9 Å². The van der Waals surface area contributed by atoms with Crippen LogP contribution in [0.15, 0.2) is 42.6 Å². The fraction of sp³-hybridized carbons (Fsp3) is 0.409. The first-order valence-electron chi connectivity index (χ1n) is 10.0. The smallest absolute Gasteiger partial charge is 0.409 e. The Labute approximate surface area is 171 Å². The first kappa shape index (κ1) is 20.6. The van der Waals surface area contributed by atoms with Crippen LogP contribution in [0.5, 0.6) is 0 Å². The molecule has 0 atom stereocenters. The molecular formula is C22H28N4O3. The van der Waals surface area contributed by atoms with Crippen LogP contribution in [0, 0.1) is 0 Å². The van der Waals surface area contributed by atoms with Gasteiger partial charge in [-0.2, -0.15) is 0 Å². The van der Waals surface area contributed by atoms with Gasteiger partial charge in [-0.25, -0.2) is 9.78 Å². The molecule has 0 radical (unpaired) electrons. The van der Waals surface area contributed by atoms with Crippen molar-refractivity contribution in [1.29, 1.82) is 0 Å². The van der Waals surface area contributed by atoms with Crippen LogP contribution in [0.25, 0.3) is 0 Å². The Morgan fingerprint density at radius 1 is 1.00 bits per heavy atom. The summed E-state index contributed by atoms with van der Waals surface area (Å²) >= 11 is 0. The second kappa shape index (κ2) is 9.41. The lowest BCUT2D eigenvalue weighted by Gasteiger charge is -2.33. The van der Waals surface area contributed by atoms with Gasteiger partial charge in [0.15, 0.2) is 0 Å². The number of anilines is 2. The number of piperazine rings is 1. The third-order valence-corrected chi connectivity index (χ3v) is 4.94. The van der Waals surface area contributed by atoms with Gasteiger partial charge in [0.2, 0.25) is 0 Å². The quantitative estimate of drug-likeness (QED) is 0.831. The van der Waals surface area contributed by atoms with Crippen LogP contribution < -0.4 is 5.32 Å². The van der Waals surface area contributed by atoms with Crippen molar-refractivity contribution in [3.05, 3.63) is 53.9 Å². The number of ether oxygens (including phenoxy) is 1. The normalized spacial score (nSPS) is 14.1. The van der Waals surface area contributed by atoms with E-state index in [-0.39, 0.29) is 12.0 Å². The van der Waals surface area contributed by atoms with Gasteiger partial charge in [0.05, 0.1) is 18.5 Å². The Balaban J connectivity index is 1.56. The van der Waals surface area contributed by atoms with E-state index in [1.165, 1.54) is 5.56 Å². The van der Waals surface area contributed by atoms with Crippen LogP contribution in [-0.4, -0.2) is 59.6 Å². The van der Waals surface area contributed by atoms with Crippen molar-refractivity contribution in [3.63, 3.8) is 0 Å². The van der Waals surface area contributed by atoms with Gasteiger partial charge >= 0.3 is 6.09 Å². The summed E-state index contributed by atoms with van der Waals surface area (Å²) in [6.07, 6.45) is 1.34. The number of benzene rings is 1. The average molecular weight is 396 g/mol. The number of aromatic nitrogens is 1. The Kier molecular flexibility index (Phi) is 6.69. The Morgan fingerprint density at radius 2 is 1.62 bits per heavy atom. The molecule has 0 spiro atoms. The Hall–Kier alpha value is -3.09. The summed E-state index contributed by atoms with van der Waals surface area (Å²) in [5.74, 6) is 0.372. The Morgan fingerprint density at radius 3 is 2.17 bits per heavy atom. The van der Waals surface area contributed by atoms with Crippen LogP contribution in [0.2, 0.25) is 0 Å². The molecule has 1 aliphatic rings. The number of hydrogen-bond acceptors (Lipinski definition) is 5. The maximum Gasteiger partial charge on any atom is 0.409 e. The van der Waals surface area contributed by atoms with Gasteiger partial charge in [-0.15, -0.1) is 0 Å². The van der Waals surface area contributed by atoms with Crippen molar-refractivity contribution in [2.45, 2.75) is 26.7 Å². The molecule has 1 fully saturated rings. The highest BCUT2D eigenvalue weighted by Gasteiger charge is 2.26. The third kappa shape index (κ3) is 5.25. The van der Waals surface area contributed by atoms with Gasteiger partial charge in [-0.1, -0.05) is 26.0 Å². The molecule has 0 bridgehead atoms. The summed E-state index contributed by atoms with van der Waals surface area (Å²) in [7, 11) is 0. The van der Waals surface area contributed by atoms with E-state index in [1.807, 2.05) is 18.2 Å².